The summed E-state index contributed by atoms with van der Waals surface area (Å²) in [6.45, 7) is 2.03. The van der Waals surface area contributed by atoms with Gasteiger partial charge in [-0.1, -0.05) is 30.3 Å². The molecule has 1 amide bonds. The van der Waals surface area contributed by atoms with Crippen LogP contribution in [0.25, 0.3) is 0 Å². The highest BCUT2D eigenvalue weighted by Crippen LogP contribution is 2.38. The Bertz CT molecular complexity index is 705. The third-order valence-corrected chi connectivity index (χ3v) is 4.61. The second kappa shape index (κ2) is 9.13. The van der Waals surface area contributed by atoms with Crippen molar-refractivity contribution in [2.75, 3.05) is 28.4 Å². The molecule has 1 unspecified atom stereocenters. The zero-order chi connectivity index (χ0) is 19.1. The van der Waals surface area contributed by atoms with Crippen LogP contribution in [0.1, 0.15) is 30.5 Å². The maximum Gasteiger partial charge on any atom is 0.223 e. The van der Waals surface area contributed by atoms with E-state index in [1.807, 2.05) is 56.4 Å². The van der Waals surface area contributed by atoms with E-state index >= 15 is 0 Å². The molecule has 2 aromatic rings. The second-order valence-corrected chi connectivity index (χ2v) is 6.12. The van der Waals surface area contributed by atoms with Gasteiger partial charge in [-0.15, -0.1) is 0 Å². The normalized spacial score (nSPS) is 11.6. The van der Waals surface area contributed by atoms with Crippen molar-refractivity contribution in [3.63, 3.8) is 0 Å². The smallest absolute Gasteiger partial charge is 0.223 e. The van der Waals surface area contributed by atoms with Gasteiger partial charge in [-0.2, -0.15) is 0 Å². The first-order valence-corrected chi connectivity index (χ1v) is 8.61. The molecule has 0 spiro atoms. The van der Waals surface area contributed by atoms with Crippen LogP contribution < -0.4 is 14.2 Å². The summed E-state index contributed by atoms with van der Waals surface area (Å²) in [5, 5.41) is 0. The molecule has 1 atom stereocenters. The first kappa shape index (κ1) is 19.6. The highest BCUT2D eigenvalue weighted by Gasteiger charge is 2.18. The van der Waals surface area contributed by atoms with E-state index in [1.165, 1.54) is 0 Å². The van der Waals surface area contributed by atoms with E-state index < -0.39 is 0 Å². The number of hydrogen-bond acceptors (Lipinski definition) is 4. The number of carbonyl (C=O) groups excluding carboxylic acids is 1. The fourth-order valence-corrected chi connectivity index (χ4v) is 2.88. The third-order valence-electron chi connectivity index (χ3n) is 4.61. The lowest BCUT2D eigenvalue weighted by Gasteiger charge is -2.25. The van der Waals surface area contributed by atoms with Gasteiger partial charge in [-0.3, -0.25) is 4.79 Å². The average Bonchev–Trinajstić information content (AvgIpc) is 2.70. The summed E-state index contributed by atoms with van der Waals surface area (Å²) in [6, 6.07) is 13.8. The van der Waals surface area contributed by atoms with Crippen molar-refractivity contribution in [3.8, 4) is 17.2 Å². The molecule has 0 fully saturated rings. The van der Waals surface area contributed by atoms with Crippen LogP contribution in [-0.4, -0.2) is 39.2 Å². The van der Waals surface area contributed by atoms with Gasteiger partial charge in [0.05, 0.1) is 27.4 Å². The molecule has 0 saturated heterocycles. The molecule has 2 rings (SSSR count). The van der Waals surface area contributed by atoms with Gasteiger partial charge in [0.25, 0.3) is 0 Å². The summed E-state index contributed by atoms with van der Waals surface area (Å²) in [4.78, 5) is 14.4. The highest BCUT2D eigenvalue weighted by molar-refractivity contribution is 5.76. The number of aryl methyl sites for hydroxylation is 1. The van der Waals surface area contributed by atoms with Gasteiger partial charge in [0, 0.05) is 13.5 Å². The van der Waals surface area contributed by atoms with Crippen LogP contribution in [0.5, 0.6) is 17.2 Å². The fraction of sp³-hybridized carbons (Fsp3) is 0.381. The predicted octanol–water partition coefficient (Wildman–Crippen LogP) is 3.86. The monoisotopic (exact) mass is 357 g/mol. The van der Waals surface area contributed by atoms with Gasteiger partial charge in [0.1, 0.15) is 0 Å². The van der Waals surface area contributed by atoms with Crippen molar-refractivity contribution in [2.24, 2.45) is 0 Å². The fourth-order valence-electron chi connectivity index (χ4n) is 2.88. The topological polar surface area (TPSA) is 48.0 Å². The molecule has 0 aromatic heterocycles. The Labute approximate surface area is 155 Å². The number of benzene rings is 2. The zero-order valence-electron chi connectivity index (χ0n) is 16.1. The van der Waals surface area contributed by atoms with Crippen molar-refractivity contribution < 1.29 is 19.0 Å². The lowest BCUT2D eigenvalue weighted by molar-refractivity contribution is -0.131. The molecule has 5 heteroatoms. The van der Waals surface area contributed by atoms with Crippen LogP contribution >= 0.6 is 0 Å². The maximum atomic E-state index is 12.6. The molecule has 0 aliphatic carbocycles. The van der Waals surface area contributed by atoms with Crippen LogP contribution in [0.2, 0.25) is 0 Å². The molecule has 0 aliphatic heterocycles. The summed E-state index contributed by atoms with van der Waals surface area (Å²) >= 11 is 0. The summed E-state index contributed by atoms with van der Waals surface area (Å²) in [5.74, 6) is 1.84. The molecule has 0 saturated carbocycles. The van der Waals surface area contributed by atoms with E-state index in [9.17, 15) is 4.79 Å². The Morgan fingerprint density at radius 2 is 1.58 bits per heavy atom. The number of amides is 1. The molecule has 0 bridgehead atoms. The zero-order valence-corrected chi connectivity index (χ0v) is 16.1. The van der Waals surface area contributed by atoms with Gasteiger partial charge in [-0.25, -0.2) is 0 Å². The van der Waals surface area contributed by atoms with Crippen molar-refractivity contribution in [2.45, 2.75) is 25.8 Å². The molecule has 26 heavy (non-hydrogen) atoms. The Morgan fingerprint density at radius 3 is 2.08 bits per heavy atom. The molecular formula is C21H27NO4. The van der Waals surface area contributed by atoms with Gasteiger partial charge >= 0.3 is 0 Å². The molecule has 0 radical (unpaired) electrons. The number of rotatable bonds is 8. The Balaban J connectivity index is 2.07. The molecular weight excluding hydrogens is 330 g/mol. The minimum Gasteiger partial charge on any atom is -0.493 e. The van der Waals surface area contributed by atoms with Crippen LogP contribution in [-0.2, 0) is 11.2 Å². The molecule has 2 aromatic carbocycles. The third kappa shape index (κ3) is 4.48. The summed E-state index contributed by atoms with van der Waals surface area (Å²) < 4.78 is 16.1. The Morgan fingerprint density at radius 1 is 1.00 bits per heavy atom. The van der Waals surface area contributed by atoms with Crippen molar-refractivity contribution >= 4 is 5.91 Å². The number of ether oxygens (including phenoxy) is 3. The average molecular weight is 357 g/mol. The lowest BCUT2D eigenvalue weighted by Crippen LogP contribution is -2.29. The molecule has 140 valence electrons. The van der Waals surface area contributed by atoms with Crippen molar-refractivity contribution in [1.29, 1.82) is 0 Å². The minimum atomic E-state index is 0.0311. The van der Waals surface area contributed by atoms with E-state index in [1.54, 1.807) is 26.2 Å². The van der Waals surface area contributed by atoms with Crippen LogP contribution in [0.15, 0.2) is 42.5 Å². The van der Waals surface area contributed by atoms with Crippen molar-refractivity contribution in [3.05, 3.63) is 53.6 Å². The van der Waals surface area contributed by atoms with E-state index in [4.69, 9.17) is 14.2 Å². The lowest BCUT2D eigenvalue weighted by atomic mass is 10.1. The van der Waals surface area contributed by atoms with Gasteiger partial charge < -0.3 is 19.1 Å². The molecule has 5 nitrogen and oxygen atoms in total. The van der Waals surface area contributed by atoms with Crippen molar-refractivity contribution in [1.82, 2.24) is 4.90 Å². The number of hydrogen-bond donors (Lipinski definition) is 0. The van der Waals surface area contributed by atoms with Gasteiger partial charge in [0.2, 0.25) is 11.7 Å². The Hall–Kier alpha value is -2.69. The van der Waals surface area contributed by atoms with Gasteiger partial charge in [0.15, 0.2) is 11.5 Å². The van der Waals surface area contributed by atoms with Gasteiger partial charge in [-0.05, 0) is 36.6 Å². The first-order chi connectivity index (χ1) is 12.5. The van der Waals surface area contributed by atoms with Crippen LogP contribution in [0.4, 0.5) is 0 Å². The largest absolute Gasteiger partial charge is 0.493 e. The minimum absolute atomic E-state index is 0.0311. The number of methoxy groups -OCH3 is 3. The maximum absolute atomic E-state index is 12.6. The van der Waals surface area contributed by atoms with E-state index in [2.05, 4.69) is 0 Å². The van der Waals surface area contributed by atoms with Crippen LogP contribution in [0.3, 0.4) is 0 Å². The predicted molar refractivity (Wildman–Crippen MR) is 102 cm³/mol. The molecule has 0 aliphatic rings. The van der Waals surface area contributed by atoms with E-state index in [0.29, 0.717) is 30.1 Å². The second-order valence-electron chi connectivity index (χ2n) is 6.12. The standard InChI is InChI=1S/C21H27NO4/c1-15(17-9-7-6-8-10-17)22(2)20(23)12-11-16-13-18(24-3)21(26-5)19(14-16)25-4/h6-10,13-15H,11-12H2,1-5H3. The number of carbonyl (C=O) groups is 1. The molecule has 0 N–H and O–H groups in total. The Kier molecular flexibility index (Phi) is 6.89. The SMILES string of the molecule is COc1cc(CCC(=O)N(C)C(C)c2ccccc2)cc(OC)c1OC. The van der Waals surface area contributed by atoms with E-state index in [0.717, 1.165) is 11.1 Å². The summed E-state index contributed by atoms with van der Waals surface area (Å²) in [5.41, 5.74) is 2.09. The quantitative estimate of drug-likeness (QED) is 0.720. The summed E-state index contributed by atoms with van der Waals surface area (Å²) in [7, 11) is 6.59. The van der Waals surface area contributed by atoms with Crippen LogP contribution in [0, 0.1) is 0 Å². The number of nitrogens with zero attached hydrogens (tertiary/aromatic N) is 1. The molecule has 0 heterocycles. The van der Waals surface area contributed by atoms with E-state index in [-0.39, 0.29) is 11.9 Å². The highest BCUT2D eigenvalue weighted by atomic mass is 16.5. The summed E-state index contributed by atoms with van der Waals surface area (Å²) in [6.07, 6.45) is 1.01. The first-order valence-electron chi connectivity index (χ1n) is 8.61.